The molecular weight excluding hydrogens is 308 g/mol. The van der Waals surface area contributed by atoms with Crippen LogP contribution in [0.2, 0.25) is 0 Å². The lowest BCUT2D eigenvalue weighted by molar-refractivity contribution is -0.128. The van der Waals surface area contributed by atoms with Gasteiger partial charge in [-0.05, 0) is 31.1 Å². The number of rotatable bonds is 4. The Hall–Kier alpha value is -3.14. The van der Waals surface area contributed by atoms with Crippen LogP contribution >= 0.6 is 0 Å². The summed E-state index contributed by atoms with van der Waals surface area (Å²) >= 11 is 0. The van der Waals surface area contributed by atoms with Gasteiger partial charge in [0.05, 0.1) is 12.8 Å². The number of hydrogen-bond acceptors (Lipinski definition) is 6. The molecule has 1 aliphatic rings. The van der Waals surface area contributed by atoms with Crippen LogP contribution in [0.5, 0.6) is 5.88 Å². The smallest absolute Gasteiger partial charge is 0.251 e. The Balaban J connectivity index is 1.62. The fraction of sp³-hybridized carbons (Fsp3) is 0.294. The molecule has 0 saturated carbocycles. The molecule has 24 heavy (non-hydrogen) atoms. The molecule has 0 aromatic carbocycles. The summed E-state index contributed by atoms with van der Waals surface area (Å²) in [7, 11) is 0. The van der Waals surface area contributed by atoms with Crippen molar-refractivity contribution in [2.24, 2.45) is 0 Å². The largest absolute Gasteiger partial charge is 0.470 e. The molecule has 3 rings (SSSR count). The molecule has 7 nitrogen and oxygen atoms in total. The number of amides is 1. The van der Waals surface area contributed by atoms with Crippen molar-refractivity contribution in [2.75, 3.05) is 13.1 Å². The van der Waals surface area contributed by atoms with Crippen molar-refractivity contribution in [2.45, 2.75) is 18.9 Å². The van der Waals surface area contributed by atoms with Gasteiger partial charge in [-0.1, -0.05) is 0 Å². The third-order valence-corrected chi connectivity index (χ3v) is 3.67. The fourth-order valence-corrected chi connectivity index (χ4v) is 2.53. The number of carbonyl (C=O) groups excluding carboxylic acids is 1. The molecule has 1 atom stereocenters. The fourth-order valence-electron chi connectivity index (χ4n) is 2.53. The van der Waals surface area contributed by atoms with Crippen molar-refractivity contribution >= 4 is 12.0 Å². The van der Waals surface area contributed by atoms with Crippen LogP contribution in [0.1, 0.15) is 24.3 Å². The predicted octanol–water partition coefficient (Wildman–Crippen LogP) is 2.02. The monoisotopic (exact) mass is 324 g/mol. The van der Waals surface area contributed by atoms with Crippen molar-refractivity contribution in [3.8, 4) is 11.9 Å². The van der Waals surface area contributed by atoms with Gasteiger partial charge in [0, 0.05) is 25.0 Å². The van der Waals surface area contributed by atoms with Gasteiger partial charge >= 0.3 is 0 Å². The Bertz CT molecular complexity index is 764. The van der Waals surface area contributed by atoms with Crippen LogP contribution in [0.25, 0.3) is 6.08 Å². The van der Waals surface area contributed by atoms with Crippen molar-refractivity contribution in [1.82, 2.24) is 14.9 Å². The summed E-state index contributed by atoms with van der Waals surface area (Å²) in [5, 5.41) is 9.03. The maximum Gasteiger partial charge on any atom is 0.251 e. The summed E-state index contributed by atoms with van der Waals surface area (Å²) in [6.07, 6.45) is 9.04. The first-order valence-electron chi connectivity index (χ1n) is 7.64. The topological polar surface area (TPSA) is 92.2 Å². The standard InChI is InChI=1S/C17H16N4O3/c18-11-15-17(20-8-7-19-15)24-14-3-1-9-21(12-14)16(22)6-5-13-4-2-10-23-13/h2,4-8,10,14H,1,3,9,12H2/b6-5+/t14-/m0/s1. The molecule has 1 amide bonds. The number of aromatic nitrogens is 2. The predicted molar refractivity (Wildman–Crippen MR) is 84.7 cm³/mol. The second-order valence-electron chi connectivity index (χ2n) is 5.34. The first-order valence-corrected chi connectivity index (χ1v) is 7.64. The van der Waals surface area contributed by atoms with Crippen LogP contribution in [-0.4, -0.2) is 40.0 Å². The Morgan fingerprint density at radius 1 is 1.46 bits per heavy atom. The summed E-state index contributed by atoms with van der Waals surface area (Å²) in [6, 6.07) is 5.50. The van der Waals surface area contributed by atoms with Crippen LogP contribution in [0.15, 0.2) is 41.3 Å². The van der Waals surface area contributed by atoms with E-state index in [1.807, 2.05) is 6.07 Å². The number of nitrogens with zero attached hydrogens (tertiary/aromatic N) is 4. The number of carbonyl (C=O) groups is 1. The van der Waals surface area contributed by atoms with Gasteiger partial charge in [0.2, 0.25) is 11.6 Å². The molecule has 0 N–H and O–H groups in total. The molecule has 2 aromatic rings. The molecular formula is C17H16N4O3. The zero-order valence-electron chi connectivity index (χ0n) is 13.0. The highest BCUT2D eigenvalue weighted by Crippen LogP contribution is 2.19. The zero-order chi connectivity index (χ0) is 16.8. The summed E-state index contributed by atoms with van der Waals surface area (Å²) in [6.45, 7) is 1.12. The molecule has 0 aliphatic carbocycles. The van der Waals surface area contributed by atoms with E-state index in [0.29, 0.717) is 18.8 Å². The lowest BCUT2D eigenvalue weighted by atomic mass is 10.1. The summed E-state index contributed by atoms with van der Waals surface area (Å²) < 4.78 is 10.9. The van der Waals surface area contributed by atoms with Crippen LogP contribution in [-0.2, 0) is 4.79 Å². The second-order valence-corrected chi connectivity index (χ2v) is 5.34. The average Bonchev–Trinajstić information content (AvgIpc) is 3.14. The number of ether oxygens (including phenoxy) is 1. The van der Waals surface area contributed by atoms with E-state index in [-0.39, 0.29) is 23.6 Å². The summed E-state index contributed by atoms with van der Waals surface area (Å²) in [5.74, 6) is 0.746. The normalized spacial score (nSPS) is 17.6. The van der Waals surface area contributed by atoms with Crippen LogP contribution in [0.3, 0.4) is 0 Å². The minimum Gasteiger partial charge on any atom is -0.470 e. The van der Waals surface area contributed by atoms with E-state index < -0.39 is 0 Å². The molecule has 0 radical (unpaired) electrons. The minimum absolute atomic E-state index is 0.0978. The van der Waals surface area contributed by atoms with Crippen molar-refractivity contribution in [3.05, 3.63) is 48.3 Å². The highest BCUT2D eigenvalue weighted by atomic mass is 16.5. The number of nitriles is 1. The van der Waals surface area contributed by atoms with E-state index >= 15 is 0 Å². The number of hydrogen-bond donors (Lipinski definition) is 0. The first-order chi connectivity index (χ1) is 11.8. The Morgan fingerprint density at radius 2 is 2.33 bits per heavy atom. The lowest BCUT2D eigenvalue weighted by Crippen LogP contribution is -2.43. The zero-order valence-corrected chi connectivity index (χ0v) is 13.0. The van der Waals surface area contributed by atoms with Gasteiger partial charge in [-0.15, -0.1) is 0 Å². The van der Waals surface area contributed by atoms with E-state index in [9.17, 15) is 4.79 Å². The van der Waals surface area contributed by atoms with Gasteiger partial charge in [0.1, 0.15) is 17.9 Å². The number of piperidine rings is 1. The lowest BCUT2D eigenvalue weighted by Gasteiger charge is -2.32. The molecule has 7 heteroatoms. The van der Waals surface area contributed by atoms with Crippen LogP contribution < -0.4 is 4.74 Å². The maximum atomic E-state index is 12.3. The maximum absolute atomic E-state index is 12.3. The second kappa shape index (κ2) is 7.42. The Kier molecular flexibility index (Phi) is 4.87. The van der Waals surface area contributed by atoms with Gasteiger partial charge in [0.15, 0.2) is 0 Å². The van der Waals surface area contributed by atoms with Crippen molar-refractivity contribution < 1.29 is 13.9 Å². The molecule has 1 aliphatic heterocycles. The molecule has 1 saturated heterocycles. The van der Waals surface area contributed by atoms with Crippen molar-refractivity contribution in [3.63, 3.8) is 0 Å². The number of likely N-dealkylation sites (tertiary alicyclic amines) is 1. The number of furan rings is 1. The summed E-state index contributed by atoms with van der Waals surface area (Å²) in [4.78, 5) is 22.0. The first kappa shape index (κ1) is 15.7. The molecule has 0 unspecified atom stereocenters. The van der Waals surface area contributed by atoms with Gasteiger partial charge < -0.3 is 14.1 Å². The van der Waals surface area contributed by atoms with Gasteiger partial charge in [-0.2, -0.15) is 5.26 Å². The van der Waals surface area contributed by atoms with E-state index in [1.165, 1.54) is 18.5 Å². The Labute approximate surface area is 139 Å². The third-order valence-electron chi connectivity index (χ3n) is 3.67. The highest BCUT2D eigenvalue weighted by Gasteiger charge is 2.25. The van der Waals surface area contributed by atoms with Gasteiger partial charge in [-0.3, -0.25) is 4.79 Å². The molecule has 122 valence electrons. The van der Waals surface area contributed by atoms with E-state index in [0.717, 1.165) is 12.8 Å². The molecule has 2 aromatic heterocycles. The molecule has 3 heterocycles. The van der Waals surface area contributed by atoms with Crippen LogP contribution in [0, 0.1) is 11.3 Å². The third kappa shape index (κ3) is 3.79. The molecule has 0 spiro atoms. The molecule has 0 bridgehead atoms. The van der Waals surface area contributed by atoms with Crippen LogP contribution in [0.4, 0.5) is 0 Å². The van der Waals surface area contributed by atoms with Gasteiger partial charge in [-0.25, -0.2) is 9.97 Å². The van der Waals surface area contributed by atoms with E-state index in [2.05, 4.69) is 9.97 Å². The highest BCUT2D eigenvalue weighted by molar-refractivity contribution is 5.91. The van der Waals surface area contributed by atoms with Gasteiger partial charge in [0.25, 0.3) is 5.88 Å². The average molecular weight is 324 g/mol. The summed E-state index contributed by atoms with van der Waals surface area (Å²) in [5.41, 5.74) is 0.152. The minimum atomic E-state index is -0.205. The SMILES string of the molecule is N#Cc1nccnc1O[C@H]1CCCN(C(=O)/C=C/c2ccco2)C1. The van der Waals surface area contributed by atoms with Crippen molar-refractivity contribution in [1.29, 1.82) is 5.26 Å². The Morgan fingerprint density at radius 3 is 3.12 bits per heavy atom. The quantitative estimate of drug-likeness (QED) is 0.799. The van der Waals surface area contributed by atoms with E-state index in [1.54, 1.807) is 29.4 Å². The molecule has 1 fully saturated rings. The van der Waals surface area contributed by atoms with E-state index in [4.69, 9.17) is 14.4 Å².